The highest BCUT2D eigenvalue weighted by atomic mass is 16.1. The molecule has 17 heavy (non-hydrogen) atoms. The first kappa shape index (κ1) is 13.5. The molecule has 4 nitrogen and oxygen atoms in total. The highest BCUT2D eigenvalue weighted by Crippen LogP contribution is 2.14. The fourth-order valence-corrected chi connectivity index (χ4v) is 1.72. The molecule has 0 aliphatic carbocycles. The fourth-order valence-electron chi connectivity index (χ4n) is 1.72. The highest BCUT2D eigenvalue weighted by Gasteiger charge is 2.06. The van der Waals surface area contributed by atoms with Gasteiger partial charge in [-0.3, -0.25) is 4.79 Å². The molecule has 1 aromatic rings. The number of amides is 1. The van der Waals surface area contributed by atoms with Crippen molar-refractivity contribution in [1.82, 2.24) is 5.32 Å². The molecule has 0 bridgehead atoms. The average Bonchev–Trinajstić information content (AvgIpc) is 2.38. The van der Waals surface area contributed by atoms with Gasteiger partial charge in [0.2, 0.25) is 0 Å². The minimum absolute atomic E-state index is 0.0280. The van der Waals surface area contributed by atoms with Crippen LogP contribution in [0, 0.1) is 0 Å². The number of benzene rings is 1. The number of nitrogens with zero attached hydrogens (tertiary/aromatic N) is 1. The maximum Gasteiger partial charge on any atom is 0.251 e. The molecule has 0 fully saturated rings. The van der Waals surface area contributed by atoms with E-state index in [-0.39, 0.29) is 5.91 Å². The fraction of sp³-hybridized carbons (Fsp3) is 0.462. The van der Waals surface area contributed by atoms with E-state index in [2.05, 4.69) is 29.8 Å². The molecule has 94 valence electrons. The SMILES string of the molecule is CCN(CC)c1ccc(C(=O)NCC[NH3+])cc1. The molecule has 0 unspecified atom stereocenters. The van der Waals surface area contributed by atoms with Gasteiger partial charge in [-0.15, -0.1) is 0 Å². The predicted molar refractivity (Wildman–Crippen MR) is 70.1 cm³/mol. The summed E-state index contributed by atoms with van der Waals surface area (Å²) < 4.78 is 0. The number of carbonyl (C=O) groups excluding carboxylic acids is 1. The molecule has 1 amide bonds. The van der Waals surface area contributed by atoms with Crippen molar-refractivity contribution in [2.75, 3.05) is 31.1 Å². The molecule has 0 heterocycles. The van der Waals surface area contributed by atoms with Crippen LogP contribution >= 0.6 is 0 Å². The quantitative estimate of drug-likeness (QED) is 0.756. The van der Waals surface area contributed by atoms with Crippen LogP contribution in [0.25, 0.3) is 0 Å². The molecule has 1 aromatic carbocycles. The van der Waals surface area contributed by atoms with Crippen molar-refractivity contribution in [2.24, 2.45) is 0 Å². The normalized spacial score (nSPS) is 10.1. The van der Waals surface area contributed by atoms with Crippen molar-refractivity contribution in [3.8, 4) is 0 Å². The van der Waals surface area contributed by atoms with Gasteiger partial charge in [0.1, 0.15) is 0 Å². The minimum Gasteiger partial charge on any atom is -0.372 e. The molecule has 0 aliphatic rings. The van der Waals surface area contributed by atoms with Crippen LogP contribution in [0.2, 0.25) is 0 Å². The van der Waals surface area contributed by atoms with Gasteiger partial charge in [0.15, 0.2) is 0 Å². The predicted octanol–water partition coefficient (Wildman–Crippen LogP) is 0.505. The third-order valence-electron chi connectivity index (χ3n) is 2.72. The van der Waals surface area contributed by atoms with Gasteiger partial charge < -0.3 is 16.0 Å². The Kier molecular flexibility index (Phi) is 5.49. The summed E-state index contributed by atoms with van der Waals surface area (Å²) in [7, 11) is 0. The van der Waals surface area contributed by atoms with E-state index in [1.54, 1.807) is 0 Å². The lowest BCUT2D eigenvalue weighted by atomic mass is 10.2. The number of carbonyl (C=O) groups is 1. The minimum atomic E-state index is -0.0280. The van der Waals surface area contributed by atoms with Crippen LogP contribution < -0.4 is 16.0 Å². The smallest absolute Gasteiger partial charge is 0.251 e. The van der Waals surface area contributed by atoms with Gasteiger partial charge in [0.05, 0.1) is 13.1 Å². The summed E-state index contributed by atoms with van der Waals surface area (Å²) in [5.74, 6) is -0.0280. The Labute approximate surface area is 103 Å². The molecule has 0 saturated carbocycles. The zero-order valence-electron chi connectivity index (χ0n) is 10.7. The topological polar surface area (TPSA) is 60.0 Å². The Morgan fingerprint density at radius 2 is 1.82 bits per heavy atom. The van der Waals surface area contributed by atoms with E-state index in [4.69, 9.17) is 0 Å². The number of anilines is 1. The number of rotatable bonds is 6. The molecular weight excluding hydrogens is 214 g/mol. The van der Waals surface area contributed by atoms with E-state index in [0.29, 0.717) is 18.7 Å². The molecule has 0 aromatic heterocycles. The average molecular weight is 236 g/mol. The van der Waals surface area contributed by atoms with Crippen molar-refractivity contribution < 1.29 is 10.5 Å². The Bertz CT molecular complexity index is 344. The summed E-state index contributed by atoms with van der Waals surface area (Å²) in [6, 6.07) is 7.72. The van der Waals surface area contributed by atoms with Crippen molar-refractivity contribution >= 4 is 11.6 Å². The van der Waals surface area contributed by atoms with E-state index in [0.717, 1.165) is 18.8 Å². The van der Waals surface area contributed by atoms with Crippen molar-refractivity contribution in [2.45, 2.75) is 13.8 Å². The van der Waals surface area contributed by atoms with Gasteiger partial charge in [-0.2, -0.15) is 0 Å². The second kappa shape index (κ2) is 6.91. The Hall–Kier alpha value is -1.55. The van der Waals surface area contributed by atoms with Crippen LogP contribution in [0.4, 0.5) is 5.69 Å². The first-order chi connectivity index (χ1) is 8.22. The lowest BCUT2D eigenvalue weighted by molar-refractivity contribution is -0.364. The number of quaternary nitrogens is 1. The number of nitrogens with one attached hydrogen (secondary N) is 1. The van der Waals surface area contributed by atoms with Crippen LogP contribution in [0.15, 0.2) is 24.3 Å². The number of hydrogen-bond acceptors (Lipinski definition) is 2. The first-order valence-electron chi connectivity index (χ1n) is 6.15. The monoisotopic (exact) mass is 236 g/mol. The van der Waals surface area contributed by atoms with Crippen LogP contribution in [0.5, 0.6) is 0 Å². The Balaban J connectivity index is 2.70. The van der Waals surface area contributed by atoms with E-state index in [1.165, 1.54) is 0 Å². The summed E-state index contributed by atoms with van der Waals surface area (Å²) in [5.41, 5.74) is 5.55. The van der Waals surface area contributed by atoms with Crippen molar-refractivity contribution in [1.29, 1.82) is 0 Å². The second-order valence-corrected chi connectivity index (χ2v) is 3.83. The molecule has 1 rings (SSSR count). The standard InChI is InChI=1S/C13H21N3O/c1-3-16(4-2)12-7-5-11(6-8-12)13(17)15-10-9-14/h5-8H,3-4,9-10,14H2,1-2H3,(H,15,17)/p+1. The third-order valence-corrected chi connectivity index (χ3v) is 2.72. The molecule has 0 spiro atoms. The van der Waals surface area contributed by atoms with Gasteiger partial charge in [-0.1, -0.05) is 0 Å². The molecule has 4 heteroatoms. The maximum atomic E-state index is 11.7. The Morgan fingerprint density at radius 3 is 2.29 bits per heavy atom. The van der Waals surface area contributed by atoms with Crippen LogP contribution in [0.3, 0.4) is 0 Å². The molecule has 0 radical (unpaired) electrons. The second-order valence-electron chi connectivity index (χ2n) is 3.83. The number of hydrogen-bond donors (Lipinski definition) is 2. The summed E-state index contributed by atoms with van der Waals surface area (Å²) in [5, 5.41) is 2.81. The van der Waals surface area contributed by atoms with Crippen LogP contribution in [-0.4, -0.2) is 32.1 Å². The lowest BCUT2D eigenvalue weighted by Gasteiger charge is -2.21. The van der Waals surface area contributed by atoms with E-state index < -0.39 is 0 Å². The Morgan fingerprint density at radius 1 is 1.24 bits per heavy atom. The van der Waals surface area contributed by atoms with Gasteiger partial charge in [0, 0.05) is 24.3 Å². The summed E-state index contributed by atoms with van der Waals surface area (Å²) in [6.45, 7) is 7.53. The van der Waals surface area contributed by atoms with Gasteiger partial charge in [-0.05, 0) is 38.1 Å². The van der Waals surface area contributed by atoms with Gasteiger partial charge in [-0.25, -0.2) is 0 Å². The zero-order chi connectivity index (χ0) is 12.7. The zero-order valence-corrected chi connectivity index (χ0v) is 10.7. The largest absolute Gasteiger partial charge is 0.372 e. The summed E-state index contributed by atoms with van der Waals surface area (Å²) in [6.07, 6.45) is 0. The molecule has 0 saturated heterocycles. The van der Waals surface area contributed by atoms with Crippen molar-refractivity contribution in [3.63, 3.8) is 0 Å². The molecule has 0 atom stereocenters. The third kappa shape index (κ3) is 3.75. The van der Waals surface area contributed by atoms with E-state index in [9.17, 15) is 4.79 Å². The van der Waals surface area contributed by atoms with E-state index >= 15 is 0 Å². The molecule has 4 N–H and O–H groups in total. The van der Waals surface area contributed by atoms with Crippen LogP contribution in [0.1, 0.15) is 24.2 Å². The lowest BCUT2D eigenvalue weighted by Crippen LogP contribution is -2.54. The molecular formula is C13H22N3O+. The molecule has 0 aliphatic heterocycles. The maximum absolute atomic E-state index is 11.7. The van der Waals surface area contributed by atoms with Gasteiger partial charge in [0.25, 0.3) is 5.91 Å². The van der Waals surface area contributed by atoms with Crippen molar-refractivity contribution in [3.05, 3.63) is 29.8 Å². The highest BCUT2D eigenvalue weighted by molar-refractivity contribution is 5.94. The first-order valence-corrected chi connectivity index (χ1v) is 6.15. The van der Waals surface area contributed by atoms with Gasteiger partial charge >= 0.3 is 0 Å². The summed E-state index contributed by atoms with van der Waals surface area (Å²) in [4.78, 5) is 13.9. The summed E-state index contributed by atoms with van der Waals surface area (Å²) >= 11 is 0. The van der Waals surface area contributed by atoms with E-state index in [1.807, 2.05) is 24.3 Å². The van der Waals surface area contributed by atoms with Crippen LogP contribution in [-0.2, 0) is 0 Å².